The van der Waals surface area contributed by atoms with E-state index in [1.165, 1.54) is 0 Å². The van der Waals surface area contributed by atoms with Crippen LogP contribution in [-0.2, 0) is 4.79 Å². The number of hydrogen-bond donors (Lipinski definition) is 0. The van der Waals surface area contributed by atoms with Crippen LogP contribution in [0.2, 0.25) is 0 Å². The van der Waals surface area contributed by atoms with Crippen LogP contribution in [0.25, 0.3) is 0 Å². The monoisotopic (exact) mass is 222 g/mol. The summed E-state index contributed by atoms with van der Waals surface area (Å²) < 4.78 is 0. The number of carbonyl (C=O) groups excluding carboxylic acids is 1. The number of rotatable bonds is 4. The lowest BCUT2D eigenvalue weighted by molar-refractivity contribution is -0.116. The van der Waals surface area contributed by atoms with Gasteiger partial charge in [-0.15, -0.1) is 0 Å². The molecule has 1 atom stereocenters. The summed E-state index contributed by atoms with van der Waals surface area (Å²) >= 11 is 6.13. The molecule has 0 spiro atoms. The van der Waals surface area contributed by atoms with Crippen molar-refractivity contribution in [2.45, 2.75) is 19.8 Å². The van der Waals surface area contributed by atoms with Crippen LogP contribution in [0.1, 0.15) is 19.8 Å². The van der Waals surface area contributed by atoms with Gasteiger partial charge in [0.15, 0.2) is 5.78 Å². The van der Waals surface area contributed by atoms with Crippen LogP contribution in [0.4, 0.5) is 0 Å². The van der Waals surface area contributed by atoms with Gasteiger partial charge in [0.2, 0.25) is 0 Å². The molecule has 0 unspecified atom stereocenters. The minimum absolute atomic E-state index is 0.0892. The van der Waals surface area contributed by atoms with Gasteiger partial charge in [-0.2, -0.15) is 0 Å². The molecule has 0 saturated carbocycles. The third kappa shape index (κ3) is 2.93. The average Bonchev–Trinajstić information content (AvgIpc) is 2.65. The lowest BCUT2D eigenvalue weighted by Crippen LogP contribution is -2.09. The first kappa shape index (κ1) is 12.0. The lowest BCUT2D eigenvalue weighted by atomic mass is 9.94. The van der Waals surface area contributed by atoms with Crippen molar-refractivity contribution < 1.29 is 4.79 Å². The molecule has 1 aliphatic rings. The fourth-order valence-electron chi connectivity index (χ4n) is 1.60. The highest BCUT2D eigenvalue weighted by molar-refractivity contribution is 6.30. The molecule has 0 saturated heterocycles. The van der Waals surface area contributed by atoms with Crippen molar-refractivity contribution in [3.8, 4) is 0 Å². The first-order valence-corrected chi connectivity index (χ1v) is 5.46. The summed E-state index contributed by atoms with van der Waals surface area (Å²) in [4.78, 5) is 11.6. The molecule has 0 aliphatic heterocycles. The van der Waals surface area contributed by atoms with Crippen molar-refractivity contribution in [1.29, 1.82) is 0 Å². The Morgan fingerprint density at radius 1 is 1.73 bits per heavy atom. The molecule has 0 amide bonds. The Kier molecular flexibility index (Phi) is 4.57. The molecule has 0 heterocycles. The third-order valence-electron chi connectivity index (χ3n) is 2.41. The summed E-state index contributed by atoms with van der Waals surface area (Å²) in [7, 11) is 0. The zero-order valence-electron chi connectivity index (χ0n) is 8.87. The van der Waals surface area contributed by atoms with Crippen LogP contribution in [0.15, 0.2) is 47.6 Å². The van der Waals surface area contributed by atoms with E-state index in [0.717, 1.165) is 23.4 Å². The standard InChI is InChI=1S/C13H15ClO/c1-3-5-7-10(12(14)4-2)11-8-6-9-13(11)15/h3,5-7,9,11H,1,4,8H2,2H3/b7-5-,12-10-/t11-/m0/s1. The maximum atomic E-state index is 11.6. The van der Waals surface area contributed by atoms with Gasteiger partial charge >= 0.3 is 0 Å². The third-order valence-corrected chi connectivity index (χ3v) is 2.89. The van der Waals surface area contributed by atoms with Crippen LogP contribution < -0.4 is 0 Å². The number of ketones is 1. The summed E-state index contributed by atoms with van der Waals surface area (Å²) in [5, 5.41) is 0.759. The molecule has 0 radical (unpaired) electrons. The second-order valence-electron chi connectivity index (χ2n) is 3.40. The van der Waals surface area contributed by atoms with Gasteiger partial charge < -0.3 is 0 Å². The van der Waals surface area contributed by atoms with Gasteiger partial charge in [-0.1, -0.05) is 49.4 Å². The summed E-state index contributed by atoms with van der Waals surface area (Å²) in [6.45, 7) is 5.59. The van der Waals surface area contributed by atoms with E-state index >= 15 is 0 Å². The van der Waals surface area contributed by atoms with E-state index in [2.05, 4.69) is 6.58 Å². The molecule has 0 N–H and O–H groups in total. The van der Waals surface area contributed by atoms with Crippen molar-refractivity contribution in [2.75, 3.05) is 0 Å². The Bertz CT molecular complexity index is 348. The van der Waals surface area contributed by atoms with Crippen molar-refractivity contribution in [2.24, 2.45) is 5.92 Å². The van der Waals surface area contributed by atoms with Gasteiger partial charge in [-0.25, -0.2) is 0 Å². The van der Waals surface area contributed by atoms with Crippen molar-refractivity contribution >= 4 is 17.4 Å². The first-order chi connectivity index (χ1) is 7.20. The van der Waals surface area contributed by atoms with Gasteiger partial charge in [0, 0.05) is 5.03 Å². The van der Waals surface area contributed by atoms with Crippen LogP contribution in [0, 0.1) is 5.92 Å². The number of allylic oxidation sites excluding steroid dienone is 7. The van der Waals surface area contributed by atoms with E-state index < -0.39 is 0 Å². The SMILES string of the molecule is C=C/C=C\C(=C(\Cl)CC)[C@@H]1CC=CC1=O. The van der Waals surface area contributed by atoms with Crippen molar-refractivity contribution in [3.63, 3.8) is 0 Å². The van der Waals surface area contributed by atoms with E-state index in [1.807, 2.05) is 25.2 Å². The fraction of sp³-hybridized carbons (Fsp3) is 0.308. The highest BCUT2D eigenvalue weighted by atomic mass is 35.5. The van der Waals surface area contributed by atoms with Crippen LogP contribution in [0.5, 0.6) is 0 Å². The Morgan fingerprint density at radius 3 is 2.93 bits per heavy atom. The van der Waals surface area contributed by atoms with Gasteiger partial charge in [-0.05, 0) is 24.5 Å². The van der Waals surface area contributed by atoms with E-state index in [1.54, 1.807) is 12.2 Å². The molecule has 1 rings (SSSR count). The minimum atomic E-state index is -0.0892. The summed E-state index contributed by atoms with van der Waals surface area (Å²) in [6, 6.07) is 0. The topological polar surface area (TPSA) is 17.1 Å². The van der Waals surface area contributed by atoms with Crippen LogP contribution in [-0.4, -0.2) is 5.78 Å². The van der Waals surface area contributed by atoms with Gasteiger partial charge in [-0.3, -0.25) is 4.79 Å². The molecule has 0 fully saturated rings. The minimum Gasteiger partial charge on any atom is -0.294 e. The molecule has 80 valence electrons. The molecule has 0 aromatic rings. The summed E-state index contributed by atoms with van der Waals surface area (Å²) in [6.07, 6.45) is 10.4. The molecule has 0 aromatic carbocycles. The lowest BCUT2D eigenvalue weighted by Gasteiger charge is -2.11. The van der Waals surface area contributed by atoms with E-state index in [9.17, 15) is 4.79 Å². The van der Waals surface area contributed by atoms with E-state index in [0.29, 0.717) is 0 Å². The predicted molar refractivity (Wildman–Crippen MR) is 64.8 cm³/mol. The Balaban J connectivity index is 2.96. The molecule has 2 heteroatoms. The second-order valence-corrected chi connectivity index (χ2v) is 3.86. The zero-order valence-corrected chi connectivity index (χ0v) is 9.63. The molecule has 0 bridgehead atoms. The fourth-order valence-corrected chi connectivity index (χ4v) is 1.80. The molecule has 15 heavy (non-hydrogen) atoms. The largest absolute Gasteiger partial charge is 0.294 e. The van der Waals surface area contributed by atoms with Crippen LogP contribution >= 0.6 is 11.6 Å². The number of carbonyl (C=O) groups is 1. The maximum Gasteiger partial charge on any atom is 0.163 e. The quantitative estimate of drug-likeness (QED) is 0.662. The van der Waals surface area contributed by atoms with E-state index in [4.69, 9.17) is 11.6 Å². The Morgan fingerprint density at radius 2 is 2.47 bits per heavy atom. The molecular weight excluding hydrogens is 208 g/mol. The van der Waals surface area contributed by atoms with Gasteiger partial charge in [0.05, 0.1) is 5.92 Å². The Labute approximate surface area is 95.8 Å². The Hall–Kier alpha value is -1.08. The maximum absolute atomic E-state index is 11.6. The zero-order chi connectivity index (χ0) is 11.3. The molecule has 1 nitrogen and oxygen atoms in total. The molecule has 1 aliphatic carbocycles. The van der Waals surface area contributed by atoms with Crippen LogP contribution in [0.3, 0.4) is 0 Å². The smallest absolute Gasteiger partial charge is 0.163 e. The van der Waals surface area contributed by atoms with E-state index in [-0.39, 0.29) is 11.7 Å². The molecular formula is C13H15ClO. The first-order valence-electron chi connectivity index (χ1n) is 5.08. The predicted octanol–water partition coefficient (Wildman–Crippen LogP) is 3.78. The van der Waals surface area contributed by atoms with Crippen molar-refractivity contribution in [3.05, 3.63) is 47.6 Å². The second kappa shape index (κ2) is 5.72. The highest BCUT2D eigenvalue weighted by Gasteiger charge is 2.23. The van der Waals surface area contributed by atoms with Crippen molar-refractivity contribution in [1.82, 2.24) is 0 Å². The summed E-state index contributed by atoms with van der Waals surface area (Å²) in [5.41, 5.74) is 0.925. The molecule has 0 aromatic heterocycles. The van der Waals surface area contributed by atoms with Gasteiger partial charge in [0.1, 0.15) is 0 Å². The highest BCUT2D eigenvalue weighted by Crippen LogP contribution is 2.29. The van der Waals surface area contributed by atoms with Gasteiger partial charge in [0.25, 0.3) is 0 Å². The summed E-state index contributed by atoms with van der Waals surface area (Å²) in [5.74, 6) is 0.0546. The number of halogens is 1. The normalized spacial score (nSPS) is 22.3. The average molecular weight is 223 g/mol. The number of hydrogen-bond acceptors (Lipinski definition) is 1.